The van der Waals surface area contributed by atoms with Gasteiger partial charge in [0.1, 0.15) is 12.6 Å². The van der Waals surface area contributed by atoms with Crippen molar-refractivity contribution in [1.82, 2.24) is 10.3 Å². The fraction of sp³-hybridized carbons (Fsp3) is 0.278. The molecule has 0 spiro atoms. The maximum atomic E-state index is 12.3. The summed E-state index contributed by atoms with van der Waals surface area (Å²) in [4.78, 5) is 28.4. The van der Waals surface area contributed by atoms with Crippen LogP contribution in [0.5, 0.6) is 0 Å². The average Bonchev–Trinajstić information content (AvgIpc) is 2.58. The van der Waals surface area contributed by atoms with Crippen LogP contribution in [0.25, 0.3) is 0 Å². The molecule has 1 amide bonds. The SMILES string of the molecule is CC(C)C(NC(=O)c1cccnc1)C(=O)OCc1ccccc1. The van der Waals surface area contributed by atoms with Crippen molar-refractivity contribution in [1.29, 1.82) is 0 Å². The van der Waals surface area contributed by atoms with Crippen molar-refractivity contribution < 1.29 is 14.3 Å². The Kier molecular flexibility index (Phi) is 5.86. The van der Waals surface area contributed by atoms with E-state index < -0.39 is 12.0 Å². The minimum Gasteiger partial charge on any atom is -0.459 e. The molecule has 5 nitrogen and oxygen atoms in total. The first-order valence-corrected chi connectivity index (χ1v) is 7.49. The van der Waals surface area contributed by atoms with Gasteiger partial charge in [0.2, 0.25) is 0 Å². The largest absolute Gasteiger partial charge is 0.459 e. The lowest BCUT2D eigenvalue weighted by Gasteiger charge is -2.20. The Balaban J connectivity index is 1.97. The Hall–Kier alpha value is -2.69. The van der Waals surface area contributed by atoms with Crippen LogP contribution in [0.15, 0.2) is 54.9 Å². The van der Waals surface area contributed by atoms with Crippen LogP contribution in [-0.4, -0.2) is 22.9 Å². The van der Waals surface area contributed by atoms with E-state index in [0.717, 1.165) is 5.56 Å². The lowest BCUT2D eigenvalue weighted by Crippen LogP contribution is -2.45. The molecule has 2 rings (SSSR count). The Morgan fingerprint density at radius 3 is 2.48 bits per heavy atom. The first-order chi connectivity index (χ1) is 11.1. The summed E-state index contributed by atoms with van der Waals surface area (Å²) >= 11 is 0. The highest BCUT2D eigenvalue weighted by Crippen LogP contribution is 2.08. The Labute approximate surface area is 135 Å². The number of amides is 1. The molecule has 1 aromatic carbocycles. The molecule has 0 bridgehead atoms. The average molecular weight is 312 g/mol. The molecule has 0 saturated heterocycles. The zero-order valence-corrected chi connectivity index (χ0v) is 13.2. The molecule has 2 aromatic rings. The van der Waals surface area contributed by atoms with Crippen molar-refractivity contribution in [2.24, 2.45) is 5.92 Å². The molecule has 0 aliphatic heterocycles. The number of rotatable bonds is 6. The van der Waals surface area contributed by atoms with Gasteiger partial charge in [-0.25, -0.2) is 4.79 Å². The van der Waals surface area contributed by atoms with Gasteiger partial charge >= 0.3 is 5.97 Å². The number of pyridine rings is 1. The highest BCUT2D eigenvalue weighted by atomic mass is 16.5. The monoisotopic (exact) mass is 312 g/mol. The quantitative estimate of drug-likeness (QED) is 0.832. The lowest BCUT2D eigenvalue weighted by molar-refractivity contribution is -0.148. The molecular weight excluding hydrogens is 292 g/mol. The molecule has 5 heteroatoms. The zero-order valence-electron chi connectivity index (χ0n) is 13.2. The fourth-order valence-electron chi connectivity index (χ4n) is 2.04. The molecule has 0 fully saturated rings. The second-order valence-electron chi connectivity index (χ2n) is 5.53. The predicted octanol–water partition coefficient (Wildman–Crippen LogP) is 2.58. The summed E-state index contributed by atoms with van der Waals surface area (Å²) in [5.74, 6) is -0.867. The highest BCUT2D eigenvalue weighted by molar-refractivity contribution is 5.96. The van der Waals surface area contributed by atoms with Gasteiger partial charge in [-0.05, 0) is 23.6 Å². The number of nitrogens with zero attached hydrogens (tertiary/aromatic N) is 1. The Morgan fingerprint density at radius 1 is 1.13 bits per heavy atom. The van der Waals surface area contributed by atoms with Crippen molar-refractivity contribution in [3.8, 4) is 0 Å². The maximum absolute atomic E-state index is 12.3. The number of carbonyl (C=O) groups excluding carboxylic acids is 2. The number of carbonyl (C=O) groups is 2. The topological polar surface area (TPSA) is 68.3 Å². The molecule has 0 saturated carbocycles. The summed E-state index contributed by atoms with van der Waals surface area (Å²) in [6.07, 6.45) is 3.05. The first-order valence-electron chi connectivity index (χ1n) is 7.49. The molecule has 0 radical (unpaired) electrons. The van der Waals surface area contributed by atoms with Gasteiger partial charge in [-0.3, -0.25) is 9.78 Å². The lowest BCUT2D eigenvalue weighted by atomic mass is 10.0. The first kappa shape index (κ1) is 16.7. The van der Waals surface area contributed by atoms with Crippen LogP contribution in [0.2, 0.25) is 0 Å². The summed E-state index contributed by atoms with van der Waals surface area (Å²) in [5.41, 5.74) is 1.32. The van der Waals surface area contributed by atoms with Crippen molar-refractivity contribution in [3.05, 3.63) is 66.0 Å². The minimum atomic E-state index is -0.702. The molecule has 120 valence electrons. The Morgan fingerprint density at radius 2 is 1.87 bits per heavy atom. The number of hydrogen-bond acceptors (Lipinski definition) is 4. The normalized spacial score (nSPS) is 11.8. The zero-order chi connectivity index (χ0) is 16.7. The van der Waals surface area contributed by atoms with Gasteiger partial charge in [0.15, 0.2) is 0 Å². The van der Waals surface area contributed by atoms with Crippen LogP contribution in [0.1, 0.15) is 29.8 Å². The second kappa shape index (κ2) is 8.08. The summed E-state index contributed by atoms with van der Waals surface area (Å²) in [5, 5.41) is 2.72. The molecule has 1 atom stereocenters. The van der Waals surface area contributed by atoms with Crippen LogP contribution >= 0.6 is 0 Å². The van der Waals surface area contributed by atoms with Gasteiger partial charge in [-0.2, -0.15) is 0 Å². The van der Waals surface area contributed by atoms with E-state index in [0.29, 0.717) is 5.56 Å². The third-order valence-electron chi connectivity index (χ3n) is 3.35. The summed E-state index contributed by atoms with van der Waals surface area (Å²) < 4.78 is 5.32. The third kappa shape index (κ3) is 4.92. The molecular formula is C18H20N2O3. The molecule has 1 N–H and O–H groups in total. The van der Waals surface area contributed by atoms with Gasteiger partial charge in [-0.1, -0.05) is 44.2 Å². The minimum absolute atomic E-state index is 0.0844. The summed E-state index contributed by atoms with van der Waals surface area (Å²) in [7, 11) is 0. The van der Waals surface area contributed by atoms with E-state index in [1.54, 1.807) is 18.3 Å². The standard InChI is InChI=1S/C18H20N2O3/c1-13(2)16(20-17(21)15-9-6-10-19-11-15)18(22)23-12-14-7-4-3-5-8-14/h3-11,13,16H,12H2,1-2H3,(H,20,21). The predicted molar refractivity (Wildman–Crippen MR) is 86.6 cm³/mol. The number of aromatic nitrogens is 1. The number of benzene rings is 1. The van der Waals surface area contributed by atoms with Gasteiger partial charge in [0.05, 0.1) is 5.56 Å². The molecule has 23 heavy (non-hydrogen) atoms. The van der Waals surface area contributed by atoms with E-state index in [1.807, 2.05) is 44.2 Å². The van der Waals surface area contributed by atoms with Crippen LogP contribution in [-0.2, 0) is 16.1 Å². The van der Waals surface area contributed by atoms with Crippen LogP contribution < -0.4 is 5.32 Å². The summed E-state index contributed by atoms with van der Waals surface area (Å²) in [6.45, 7) is 3.90. The maximum Gasteiger partial charge on any atom is 0.329 e. The van der Waals surface area contributed by atoms with Crippen LogP contribution in [0, 0.1) is 5.92 Å². The van der Waals surface area contributed by atoms with Crippen molar-refractivity contribution in [2.45, 2.75) is 26.5 Å². The van der Waals surface area contributed by atoms with E-state index in [1.165, 1.54) is 6.20 Å². The molecule has 1 heterocycles. The molecule has 0 aliphatic rings. The smallest absolute Gasteiger partial charge is 0.329 e. The molecule has 0 aliphatic carbocycles. The van der Waals surface area contributed by atoms with E-state index in [2.05, 4.69) is 10.3 Å². The van der Waals surface area contributed by atoms with Gasteiger partial charge in [0.25, 0.3) is 5.91 Å². The molecule has 1 aromatic heterocycles. The number of ether oxygens (including phenoxy) is 1. The Bertz CT molecular complexity index is 642. The van der Waals surface area contributed by atoms with E-state index in [4.69, 9.17) is 4.74 Å². The summed E-state index contributed by atoms with van der Waals surface area (Å²) in [6, 6.07) is 12.0. The van der Waals surface area contributed by atoms with E-state index >= 15 is 0 Å². The van der Waals surface area contributed by atoms with Gasteiger partial charge in [0, 0.05) is 12.4 Å². The highest BCUT2D eigenvalue weighted by Gasteiger charge is 2.26. The van der Waals surface area contributed by atoms with Crippen molar-refractivity contribution >= 4 is 11.9 Å². The number of hydrogen-bond donors (Lipinski definition) is 1. The van der Waals surface area contributed by atoms with Gasteiger partial charge in [-0.15, -0.1) is 0 Å². The van der Waals surface area contributed by atoms with Crippen molar-refractivity contribution in [3.63, 3.8) is 0 Å². The van der Waals surface area contributed by atoms with Crippen molar-refractivity contribution in [2.75, 3.05) is 0 Å². The second-order valence-corrected chi connectivity index (χ2v) is 5.53. The fourth-order valence-corrected chi connectivity index (χ4v) is 2.04. The van der Waals surface area contributed by atoms with Crippen LogP contribution in [0.3, 0.4) is 0 Å². The van der Waals surface area contributed by atoms with E-state index in [9.17, 15) is 9.59 Å². The molecule has 1 unspecified atom stereocenters. The van der Waals surface area contributed by atoms with Gasteiger partial charge < -0.3 is 10.1 Å². The number of esters is 1. The van der Waals surface area contributed by atoms with Crippen LogP contribution in [0.4, 0.5) is 0 Å². The number of nitrogens with one attached hydrogen (secondary N) is 1. The van der Waals surface area contributed by atoms with E-state index in [-0.39, 0.29) is 18.4 Å². The third-order valence-corrected chi connectivity index (χ3v) is 3.35.